The molecule has 0 saturated carbocycles. The Morgan fingerprint density at radius 2 is 2.07 bits per heavy atom. The van der Waals surface area contributed by atoms with Crippen molar-refractivity contribution in [3.05, 3.63) is 60.0 Å². The highest BCUT2D eigenvalue weighted by atomic mass is 16.5. The molecule has 0 spiro atoms. The van der Waals surface area contributed by atoms with Gasteiger partial charge in [-0.15, -0.1) is 10.2 Å². The number of rotatable bonds is 4. The van der Waals surface area contributed by atoms with E-state index in [-0.39, 0.29) is 18.4 Å². The fourth-order valence-corrected chi connectivity index (χ4v) is 3.47. The molecule has 3 aromatic rings. The van der Waals surface area contributed by atoms with Crippen molar-refractivity contribution in [2.75, 3.05) is 19.7 Å². The van der Waals surface area contributed by atoms with Crippen molar-refractivity contribution in [2.45, 2.75) is 18.8 Å². The van der Waals surface area contributed by atoms with E-state index in [4.69, 9.17) is 10.00 Å². The number of piperidine rings is 1. The zero-order valence-corrected chi connectivity index (χ0v) is 14.8. The van der Waals surface area contributed by atoms with Crippen LogP contribution in [0.3, 0.4) is 0 Å². The van der Waals surface area contributed by atoms with E-state index >= 15 is 0 Å². The number of para-hydroxylation sites is 1. The van der Waals surface area contributed by atoms with Gasteiger partial charge < -0.3 is 9.64 Å². The molecule has 2 aromatic heterocycles. The fourth-order valence-electron chi connectivity index (χ4n) is 3.47. The van der Waals surface area contributed by atoms with Crippen molar-refractivity contribution in [1.29, 1.82) is 5.26 Å². The second kappa shape index (κ2) is 7.46. The molecule has 27 heavy (non-hydrogen) atoms. The maximum Gasteiger partial charge on any atom is 0.260 e. The Morgan fingerprint density at radius 3 is 2.96 bits per heavy atom. The predicted molar refractivity (Wildman–Crippen MR) is 98.2 cm³/mol. The van der Waals surface area contributed by atoms with Gasteiger partial charge in [-0.1, -0.05) is 18.2 Å². The third-order valence-electron chi connectivity index (χ3n) is 4.84. The third-order valence-corrected chi connectivity index (χ3v) is 4.84. The summed E-state index contributed by atoms with van der Waals surface area (Å²) < 4.78 is 7.58. The molecule has 1 saturated heterocycles. The van der Waals surface area contributed by atoms with Crippen LogP contribution in [-0.2, 0) is 4.79 Å². The molecule has 1 atom stereocenters. The Morgan fingerprint density at radius 1 is 1.22 bits per heavy atom. The molecule has 136 valence electrons. The second-order valence-corrected chi connectivity index (χ2v) is 6.56. The Labute approximate surface area is 156 Å². The van der Waals surface area contributed by atoms with Crippen molar-refractivity contribution in [3.8, 4) is 11.8 Å². The molecule has 1 aliphatic rings. The molecule has 1 fully saturated rings. The topological polar surface area (TPSA) is 83.5 Å². The molecule has 0 N–H and O–H groups in total. The van der Waals surface area contributed by atoms with Gasteiger partial charge in [-0.05, 0) is 37.1 Å². The standard InChI is InChI=1S/C20H19N5O2/c21-12-15-6-1-2-8-17(15)27-14-19(26)24-10-5-7-16(13-24)20-23-22-18-9-3-4-11-25(18)20/h1-4,6,8-9,11,16H,5,7,10,13-14H2. The average Bonchev–Trinajstić information content (AvgIpc) is 3.16. The third kappa shape index (κ3) is 3.47. The summed E-state index contributed by atoms with van der Waals surface area (Å²) in [5, 5.41) is 17.7. The summed E-state index contributed by atoms with van der Waals surface area (Å²) in [5.41, 5.74) is 1.24. The lowest BCUT2D eigenvalue weighted by Crippen LogP contribution is -2.42. The van der Waals surface area contributed by atoms with E-state index in [0.717, 1.165) is 24.3 Å². The van der Waals surface area contributed by atoms with E-state index < -0.39 is 0 Å². The molecule has 0 bridgehead atoms. The van der Waals surface area contributed by atoms with Gasteiger partial charge in [0, 0.05) is 25.2 Å². The van der Waals surface area contributed by atoms with E-state index in [1.807, 2.05) is 33.7 Å². The molecule has 7 heteroatoms. The fraction of sp³-hybridized carbons (Fsp3) is 0.300. The molecule has 0 radical (unpaired) electrons. The number of pyridine rings is 1. The van der Waals surface area contributed by atoms with E-state index in [1.165, 1.54) is 0 Å². The number of aromatic nitrogens is 3. The molecule has 1 unspecified atom stereocenters. The van der Waals surface area contributed by atoms with E-state index in [1.54, 1.807) is 24.3 Å². The lowest BCUT2D eigenvalue weighted by molar-refractivity contribution is -0.134. The lowest BCUT2D eigenvalue weighted by Gasteiger charge is -2.32. The number of nitriles is 1. The first-order chi connectivity index (χ1) is 13.3. The van der Waals surface area contributed by atoms with Gasteiger partial charge >= 0.3 is 0 Å². The lowest BCUT2D eigenvalue weighted by atomic mass is 9.97. The number of likely N-dealkylation sites (tertiary alicyclic amines) is 1. The Balaban J connectivity index is 1.43. The first kappa shape index (κ1) is 17.0. The summed E-state index contributed by atoms with van der Waals surface area (Å²) in [7, 11) is 0. The molecule has 4 rings (SSSR count). The van der Waals surface area contributed by atoms with Crippen molar-refractivity contribution in [1.82, 2.24) is 19.5 Å². The molecule has 1 aromatic carbocycles. The number of fused-ring (bicyclic) bond motifs is 1. The Bertz CT molecular complexity index is 1010. The number of ether oxygens (including phenoxy) is 1. The second-order valence-electron chi connectivity index (χ2n) is 6.56. The summed E-state index contributed by atoms with van der Waals surface area (Å²) in [6, 6.07) is 14.8. The van der Waals surface area contributed by atoms with Crippen LogP contribution in [0.1, 0.15) is 30.1 Å². The molecule has 0 aliphatic carbocycles. The minimum Gasteiger partial charge on any atom is -0.482 e. The van der Waals surface area contributed by atoms with E-state index in [9.17, 15) is 4.79 Å². The molecule has 3 heterocycles. The number of nitrogens with zero attached hydrogens (tertiary/aromatic N) is 5. The smallest absolute Gasteiger partial charge is 0.260 e. The summed E-state index contributed by atoms with van der Waals surface area (Å²) in [4.78, 5) is 14.4. The number of carbonyl (C=O) groups is 1. The van der Waals surface area contributed by atoms with Gasteiger partial charge in [-0.25, -0.2) is 0 Å². The quantitative estimate of drug-likeness (QED) is 0.712. The summed E-state index contributed by atoms with van der Waals surface area (Å²) in [6.07, 6.45) is 3.83. The van der Waals surface area contributed by atoms with Crippen molar-refractivity contribution < 1.29 is 9.53 Å². The molecular formula is C20H19N5O2. The predicted octanol–water partition coefficient (Wildman–Crippen LogP) is 2.39. The highest BCUT2D eigenvalue weighted by Crippen LogP contribution is 2.26. The largest absolute Gasteiger partial charge is 0.482 e. The van der Waals surface area contributed by atoms with Crippen molar-refractivity contribution >= 4 is 11.6 Å². The SMILES string of the molecule is N#Cc1ccccc1OCC(=O)N1CCCC(c2nnc3ccccn23)C1. The first-order valence-electron chi connectivity index (χ1n) is 8.95. The maximum absolute atomic E-state index is 12.6. The minimum atomic E-state index is -0.0822. The van der Waals surface area contributed by atoms with E-state index in [0.29, 0.717) is 24.4 Å². The zero-order valence-electron chi connectivity index (χ0n) is 14.8. The van der Waals surface area contributed by atoms with Gasteiger partial charge in [-0.3, -0.25) is 9.20 Å². The number of carbonyl (C=O) groups excluding carboxylic acids is 1. The van der Waals surface area contributed by atoms with Crippen LogP contribution in [0.2, 0.25) is 0 Å². The molecule has 1 amide bonds. The monoisotopic (exact) mass is 361 g/mol. The summed E-state index contributed by atoms with van der Waals surface area (Å²) in [6.45, 7) is 1.22. The summed E-state index contributed by atoms with van der Waals surface area (Å²) >= 11 is 0. The normalized spacial score (nSPS) is 16.9. The van der Waals surface area contributed by atoms with Gasteiger partial charge in [0.1, 0.15) is 17.6 Å². The minimum absolute atomic E-state index is 0.0774. The van der Waals surface area contributed by atoms with Gasteiger partial charge in [0.25, 0.3) is 5.91 Å². The highest BCUT2D eigenvalue weighted by Gasteiger charge is 2.28. The number of hydrogen-bond acceptors (Lipinski definition) is 5. The van der Waals surface area contributed by atoms with Crippen LogP contribution in [0.5, 0.6) is 5.75 Å². The Hall–Kier alpha value is -3.40. The number of benzene rings is 1. The first-order valence-corrected chi connectivity index (χ1v) is 8.95. The van der Waals surface area contributed by atoms with Crippen molar-refractivity contribution in [3.63, 3.8) is 0 Å². The van der Waals surface area contributed by atoms with Crippen molar-refractivity contribution in [2.24, 2.45) is 0 Å². The molecule has 7 nitrogen and oxygen atoms in total. The highest BCUT2D eigenvalue weighted by molar-refractivity contribution is 5.78. The number of hydrogen-bond donors (Lipinski definition) is 0. The van der Waals surface area contributed by atoms with Crippen LogP contribution in [-0.4, -0.2) is 45.1 Å². The molecule has 1 aliphatic heterocycles. The van der Waals surface area contributed by atoms with Gasteiger partial charge in [-0.2, -0.15) is 5.26 Å². The molecular weight excluding hydrogens is 342 g/mol. The van der Waals surface area contributed by atoms with Crippen LogP contribution >= 0.6 is 0 Å². The van der Waals surface area contributed by atoms with Crippen LogP contribution in [0.4, 0.5) is 0 Å². The van der Waals surface area contributed by atoms with Crippen LogP contribution < -0.4 is 4.74 Å². The zero-order chi connectivity index (χ0) is 18.6. The van der Waals surface area contributed by atoms with Gasteiger partial charge in [0.05, 0.1) is 5.56 Å². The maximum atomic E-state index is 12.6. The van der Waals surface area contributed by atoms with Gasteiger partial charge in [0.15, 0.2) is 12.3 Å². The van der Waals surface area contributed by atoms with Crippen LogP contribution in [0.15, 0.2) is 48.7 Å². The van der Waals surface area contributed by atoms with Crippen LogP contribution in [0.25, 0.3) is 5.65 Å². The van der Waals surface area contributed by atoms with Crippen LogP contribution in [0, 0.1) is 11.3 Å². The van der Waals surface area contributed by atoms with E-state index in [2.05, 4.69) is 16.3 Å². The summed E-state index contributed by atoms with van der Waals surface area (Å²) in [5.74, 6) is 1.39. The number of amides is 1. The van der Waals surface area contributed by atoms with Gasteiger partial charge in [0.2, 0.25) is 0 Å². The Kier molecular flexibility index (Phi) is 4.71. The average molecular weight is 361 g/mol.